The van der Waals surface area contributed by atoms with Crippen molar-refractivity contribution < 1.29 is 9.47 Å². The van der Waals surface area contributed by atoms with Crippen LogP contribution in [0.25, 0.3) is 5.57 Å². The van der Waals surface area contributed by atoms with Crippen molar-refractivity contribution in [3.8, 4) is 11.5 Å². The zero-order chi connectivity index (χ0) is 9.97. The quantitative estimate of drug-likeness (QED) is 0.729. The second kappa shape index (κ2) is 3.74. The Hall–Kier alpha value is -1.44. The van der Waals surface area contributed by atoms with Crippen LogP contribution in [0.1, 0.15) is 18.4 Å². The summed E-state index contributed by atoms with van der Waals surface area (Å²) in [6.07, 6.45) is 4.55. The maximum atomic E-state index is 5.31. The normalized spacial score (nSPS) is 14.3. The van der Waals surface area contributed by atoms with Gasteiger partial charge < -0.3 is 9.47 Å². The molecule has 1 aromatic carbocycles. The number of hydrogen-bond donors (Lipinski definition) is 0. The van der Waals surface area contributed by atoms with Crippen LogP contribution in [0.3, 0.4) is 0 Å². The topological polar surface area (TPSA) is 18.5 Å². The Labute approximate surface area is 84.2 Å². The van der Waals surface area contributed by atoms with Gasteiger partial charge in [-0.3, -0.25) is 0 Å². The van der Waals surface area contributed by atoms with Crippen LogP contribution in [0.4, 0.5) is 0 Å². The summed E-state index contributed by atoms with van der Waals surface area (Å²) in [6.45, 7) is 0. The minimum absolute atomic E-state index is 0.883. The molecule has 0 heterocycles. The highest BCUT2D eigenvalue weighted by Crippen LogP contribution is 2.36. The molecule has 1 aliphatic rings. The van der Waals surface area contributed by atoms with Crippen molar-refractivity contribution in [2.45, 2.75) is 12.8 Å². The largest absolute Gasteiger partial charge is 0.497 e. The maximum Gasteiger partial charge on any atom is 0.126 e. The van der Waals surface area contributed by atoms with E-state index in [-0.39, 0.29) is 0 Å². The molecule has 0 saturated heterocycles. The average molecular weight is 190 g/mol. The van der Waals surface area contributed by atoms with Crippen molar-refractivity contribution in [2.24, 2.45) is 0 Å². The standard InChI is InChI=1S/C12H14O2/c1-13-10-6-7-12(14-2)11(8-10)9-4-3-5-9/h4,6-8H,3,5H2,1-2H3. The van der Waals surface area contributed by atoms with E-state index in [4.69, 9.17) is 9.47 Å². The van der Waals surface area contributed by atoms with Crippen molar-refractivity contribution in [1.29, 1.82) is 0 Å². The lowest BCUT2D eigenvalue weighted by molar-refractivity contribution is 0.401. The summed E-state index contributed by atoms with van der Waals surface area (Å²) in [5.41, 5.74) is 2.53. The summed E-state index contributed by atoms with van der Waals surface area (Å²) in [5, 5.41) is 0. The molecular formula is C12H14O2. The van der Waals surface area contributed by atoms with E-state index in [1.54, 1.807) is 14.2 Å². The third-order valence-corrected chi connectivity index (χ3v) is 2.56. The molecular weight excluding hydrogens is 176 g/mol. The molecule has 0 atom stereocenters. The molecule has 1 aliphatic carbocycles. The van der Waals surface area contributed by atoms with Gasteiger partial charge in [0, 0.05) is 5.56 Å². The van der Waals surface area contributed by atoms with Crippen LogP contribution < -0.4 is 9.47 Å². The van der Waals surface area contributed by atoms with Crippen LogP contribution in [-0.4, -0.2) is 14.2 Å². The van der Waals surface area contributed by atoms with E-state index >= 15 is 0 Å². The molecule has 74 valence electrons. The molecule has 0 radical (unpaired) electrons. The molecule has 0 fully saturated rings. The van der Waals surface area contributed by atoms with Crippen molar-refractivity contribution in [3.05, 3.63) is 29.8 Å². The van der Waals surface area contributed by atoms with Gasteiger partial charge in [-0.1, -0.05) is 6.08 Å². The van der Waals surface area contributed by atoms with Gasteiger partial charge in [-0.15, -0.1) is 0 Å². The Morgan fingerprint density at radius 2 is 1.93 bits per heavy atom. The van der Waals surface area contributed by atoms with Gasteiger partial charge in [-0.05, 0) is 36.6 Å². The molecule has 1 aromatic rings. The summed E-state index contributed by atoms with van der Waals surface area (Å²) < 4.78 is 10.5. The Morgan fingerprint density at radius 1 is 1.14 bits per heavy atom. The highest BCUT2D eigenvalue weighted by molar-refractivity contribution is 5.75. The average Bonchev–Trinajstić information content (AvgIpc) is 2.15. The summed E-state index contributed by atoms with van der Waals surface area (Å²) in [7, 11) is 3.38. The van der Waals surface area contributed by atoms with E-state index in [0.29, 0.717) is 0 Å². The fraction of sp³-hybridized carbons (Fsp3) is 0.333. The van der Waals surface area contributed by atoms with E-state index in [1.807, 2.05) is 18.2 Å². The molecule has 0 saturated carbocycles. The summed E-state index contributed by atoms with van der Waals surface area (Å²) in [6, 6.07) is 5.90. The molecule has 0 unspecified atom stereocenters. The van der Waals surface area contributed by atoms with Crippen molar-refractivity contribution in [2.75, 3.05) is 14.2 Å². The number of ether oxygens (including phenoxy) is 2. The highest BCUT2D eigenvalue weighted by Gasteiger charge is 2.13. The number of rotatable bonds is 3. The zero-order valence-electron chi connectivity index (χ0n) is 8.54. The predicted molar refractivity (Wildman–Crippen MR) is 56.8 cm³/mol. The number of benzene rings is 1. The van der Waals surface area contributed by atoms with Gasteiger partial charge in [0.2, 0.25) is 0 Å². The Bertz CT molecular complexity index is 367. The molecule has 0 aliphatic heterocycles. The van der Waals surface area contributed by atoms with Crippen LogP contribution in [0.2, 0.25) is 0 Å². The van der Waals surface area contributed by atoms with Crippen molar-refractivity contribution in [3.63, 3.8) is 0 Å². The molecule has 0 aromatic heterocycles. The van der Waals surface area contributed by atoms with E-state index in [1.165, 1.54) is 12.0 Å². The number of allylic oxidation sites excluding steroid dienone is 2. The SMILES string of the molecule is COc1ccc(OC)c(C2=CCC2)c1. The fourth-order valence-electron chi connectivity index (χ4n) is 1.60. The Kier molecular flexibility index (Phi) is 2.44. The van der Waals surface area contributed by atoms with Gasteiger partial charge in [-0.2, -0.15) is 0 Å². The number of methoxy groups -OCH3 is 2. The molecule has 2 rings (SSSR count). The molecule has 0 bridgehead atoms. The van der Waals surface area contributed by atoms with Gasteiger partial charge in [-0.25, -0.2) is 0 Å². The van der Waals surface area contributed by atoms with Crippen molar-refractivity contribution in [1.82, 2.24) is 0 Å². The molecule has 2 heteroatoms. The Morgan fingerprint density at radius 3 is 2.43 bits per heavy atom. The van der Waals surface area contributed by atoms with Gasteiger partial charge in [0.1, 0.15) is 11.5 Å². The molecule has 0 N–H and O–H groups in total. The number of hydrogen-bond acceptors (Lipinski definition) is 2. The van der Waals surface area contributed by atoms with Crippen LogP contribution in [0.15, 0.2) is 24.3 Å². The van der Waals surface area contributed by atoms with E-state index in [2.05, 4.69) is 6.08 Å². The van der Waals surface area contributed by atoms with E-state index in [9.17, 15) is 0 Å². The molecule has 2 nitrogen and oxygen atoms in total. The lowest BCUT2D eigenvalue weighted by Gasteiger charge is -2.18. The van der Waals surface area contributed by atoms with E-state index in [0.717, 1.165) is 23.5 Å². The lowest BCUT2D eigenvalue weighted by atomic mass is 9.91. The second-order valence-electron chi connectivity index (χ2n) is 3.33. The zero-order valence-corrected chi connectivity index (χ0v) is 8.54. The van der Waals surface area contributed by atoms with Crippen molar-refractivity contribution >= 4 is 5.57 Å². The first-order valence-corrected chi connectivity index (χ1v) is 4.76. The maximum absolute atomic E-state index is 5.31. The molecule has 0 spiro atoms. The van der Waals surface area contributed by atoms with Crippen LogP contribution in [0.5, 0.6) is 11.5 Å². The summed E-state index contributed by atoms with van der Waals surface area (Å²) in [5.74, 6) is 1.81. The monoisotopic (exact) mass is 190 g/mol. The first-order chi connectivity index (χ1) is 6.85. The molecule has 14 heavy (non-hydrogen) atoms. The van der Waals surface area contributed by atoms with Gasteiger partial charge in [0.15, 0.2) is 0 Å². The summed E-state index contributed by atoms with van der Waals surface area (Å²) >= 11 is 0. The minimum Gasteiger partial charge on any atom is -0.497 e. The summed E-state index contributed by atoms with van der Waals surface area (Å²) in [4.78, 5) is 0. The van der Waals surface area contributed by atoms with Crippen LogP contribution in [0, 0.1) is 0 Å². The third kappa shape index (κ3) is 1.48. The fourth-order valence-corrected chi connectivity index (χ4v) is 1.60. The minimum atomic E-state index is 0.883. The van der Waals surface area contributed by atoms with E-state index < -0.39 is 0 Å². The highest BCUT2D eigenvalue weighted by atomic mass is 16.5. The van der Waals surface area contributed by atoms with Gasteiger partial charge >= 0.3 is 0 Å². The van der Waals surface area contributed by atoms with Gasteiger partial charge in [0.05, 0.1) is 14.2 Å². The smallest absolute Gasteiger partial charge is 0.126 e. The Balaban J connectivity index is 2.42. The molecule has 0 amide bonds. The predicted octanol–water partition coefficient (Wildman–Crippen LogP) is 2.88. The third-order valence-electron chi connectivity index (χ3n) is 2.56. The van der Waals surface area contributed by atoms with Crippen LogP contribution >= 0.6 is 0 Å². The van der Waals surface area contributed by atoms with Gasteiger partial charge in [0.25, 0.3) is 0 Å². The first kappa shape index (κ1) is 9.13. The second-order valence-corrected chi connectivity index (χ2v) is 3.33. The first-order valence-electron chi connectivity index (χ1n) is 4.76. The lowest BCUT2D eigenvalue weighted by Crippen LogP contribution is -1.98. The van der Waals surface area contributed by atoms with Crippen LogP contribution in [-0.2, 0) is 0 Å².